The number of hydrogen-bond donors (Lipinski definition) is 1. The zero-order valence-electron chi connectivity index (χ0n) is 28.7. The largest absolute Gasteiger partial charge is 0.394 e. The molecule has 4 aromatic carbocycles. The quantitative estimate of drug-likeness (QED) is 0.170. The fourth-order valence-electron chi connectivity index (χ4n) is 6.48. The molecule has 0 spiro atoms. The average Bonchev–Trinajstić information content (AvgIpc) is 3.98. The van der Waals surface area contributed by atoms with Crippen molar-refractivity contribution in [3.05, 3.63) is 131 Å². The molecule has 12 heteroatoms. The van der Waals surface area contributed by atoms with Gasteiger partial charge in [-0.05, 0) is 13.3 Å². The van der Waals surface area contributed by atoms with Crippen molar-refractivity contribution in [1.82, 2.24) is 40.0 Å². The van der Waals surface area contributed by atoms with Gasteiger partial charge < -0.3 is 9.84 Å². The van der Waals surface area contributed by atoms with Crippen LogP contribution in [0.2, 0.25) is 10.0 Å². The van der Waals surface area contributed by atoms with Crippen LogP contribution in [-0.2, 0) is 4.74 Å². The molecule has 0 saturated carbocycles. The molecule has 2 atom stereocenters. The summed E-state index contributed by atoms with van der Waals surface area (Å²) in [5, 5.41) is 39.5. The van der Waals surface area contributed by atoms with Gasteiger partial charge in [0.1, 0.15) is 22.8 Å². The zero-order chi connectivity index (χ0) is 36.3. The maximum Gasteiger partial charge on any atom is 0.182 e. The Kier molecular flexibility index (Phi) is 12.3. The molecule has 0 radical (unpaired) electrons. The molecule has 0 aliphatic carbocycles. The van der Waals surface area contributed by atoms with Crippen LogP contribution in [0.1, 0.15) is 40.3 Å². The molecule has 1 N–H and O–H groups in total. The SMILES string of the molecule is C.C.CC(CO)n1nc(-c2ccccc2)c2c(Cl)c(-c3ccccc3)nnc21.Clc1c(-c2ccccc2)nnc2c1c(-c1ccccc1)nn2C1CCOC1. The minimum absolute atomic E-state index is 0. The van der Waals surface area contributed by atoms with Crippen LogP contribution in [-0.4, -0.2) is 64.9 Å². The van der Waals surface area contributed by atoms with E-state index in [1.54, 1.807) is 4.68 Å². The Morgan fingerprint density at radius 1 is 0.618 bits per heavy atom. The Morgan fingerprint density at radius 3 is 1.47 bits per heavy atom. The fourth-order valence-corrected chi connectivity index (χ4v) is 7.12. The van der Waals surface area contributed by atoms with Crippen LogP contribution in [0.4, 0.5) is 0 Å². The lowest BCUT2D eigenvalue weighted by molar-refractivity contribution is 0.185. The third-order valence-electron chi connectivity index (χ3n) is 9.24. The van der Waals surface area contributed by atoms with E-state index in [1.165, 1.54) is 0 Å². The lowest BCUT2D eigenvalue weighted by Crippen LogP contribution is -2.11. The van der Waals surface area contributed by atoms with E-state index in [0.29, 0.717) is 39.3 Å². The number of aromatic nitrogens is 8. The molecule has 0 amide bonds. The second-order valence-electron chi connectivity index (χ2n) is 12.7. The molecule has 1 aliphatic heterocycles. The number of halogens is 2. The van der Waals surface area contributed by atoms with E-state index in [4.69, 9.17) is 38.1 Å². The number of ether oxygens (including phenoxy) is 1. The van der Waals surface area contributed by atoms with E-state index >= 15 is 0 Å². The minimum atomic E-state index is -0.233. The van der Waals surface area contributed by atoms with Crippen LogP contribution in [0.5, 0.6) is 0 Å². The van der Waals surface area contributed by atoms with Crippen LogP contribution < -0.4 is 0 Å². The zero-order valence-corrected chi connectivity index (χ0v) is 30.2. The first kappa shape index (κ1) is 39.2. The predicted octanol–water partition coefficient (Wildman–Crippen LogP) is 10.4. The summed E-state index contributed by atoms with van der Waals surface area (Å²) in [5.74, 6) is 0. The smallest absolute Gasteiger partial charge is 0.182 e. The number of nitrogens with zero attached hydrogens (tertiary/aromatic N) is 8. The monoisotopic (exact) mass is 772 g/mol. The standard InChI is InChI=1S/C21H17ClN4O.C20H17ClN4O.2CH4/c22-18-17-19(14-7-3-1-4-8-14)25-26(16-11-12-27-13-16)21(17)24-23-20(18)15-9-5-2-6-10-15;1-13(12-26)25-20-16(18(24-25)14-8-4-2-5-9-14)17(21)19(22-23-20)15-10-6-3-7-11-15;;/h1-10,16H,11-13H2;2-11,13,26H,12H2,1H3;2*1H4. The summed E-state index contributed by atoms with van der Waals surface area (Å²) in [4.78, 5) is 0. The first-order valence-electron chi connectivity index (χ1n) is 17.3. The van der Waals surface area contributed by atoms with E-state index in [9.17, 15) is 5.11 Å². The second kappa shape index (κ2) is 17.3. The molecule has 8 aromatic rings. The van der Waals surface area contributed by atoms with Crippen molar-refractivity contribution in [1.29, 1.82) is 0 Å². The van der Waals surface area contributed by atoms with E-state index in [2.05, 4.69) is 20.4 Å². The highest BCUT2D eigenvalue weighted by Crippen LogP contribution is 2.40. The van der Waals surface area contributed by atoms with Crippen LogP contribution >= 0.6 is 23.2 Å². The molecule has 10 nitrogen and oxygen atoms in total. The van der Waals surface area contributed by atoms with E-state index in [0.717, 1.165) is 57.4 Å². The van der Waals surface area contributed by atoms with Gasteiger partial charge in [0.05, 0.1) is 46.1 Å². The topological polar surface area (TPSA) is 117 Å². The summed E-state index contributed by atoms with van der Waals surface area (Å²) in [6.07, 6.45) is 0.907. The molecule has 280 valence electrons. The molecular formula is C43H42Cl2N8O2. The summed E-state index contributed by atoms with van der Waals surface area (Å²) in [5.41, 5.74) is 7.90. The molecule has 4 aromatic heterocycles. The van der Waals surface area contributed by atoms with Crippen LogP contribution in [0.25, 0.3) is 67.1 Å². The molecule has 1 fully saturated rings. The Bertz CT molecular complexity index is 2490. The number of aliphatic hydroxyl groups is 1. The van der Waals surface area contributed by atoms with E-state index in [1.807, 2.05) is 133 Å². The highest BCUT2D eigenvalue weighted by atomic mass is 35.5. The first-order valence-corrected chi connectivity index (χ1v) is 18.1. The van der Waals surface area contributed by atoms with E-state index in [-0.39, 0.29) is 33.5 Å². The van der Waals surface area contributed by atoms with Gasteiger partial charge in [0.15, 0.2) is 11.3 Å². The van der Waals surface area contributed by atoms with Crippen molar-refractivity contribution >= 4 is 45.3 Å². The molecular weight excluding hydrogens is 731 g/mol. The van der Waals surface area contributed by atoms with Crippen molar-refractivity contribution in [2.75, 3.05) is 19.8 Å². The normalized spacial score (nSPS) is 14.1. The number of hydrogen-bond acceptors (Lipinski definition) is 8. The highest BCUT2D eigenvalue weighted by molar-refractivity contribution is 6.39. The van der Waals surface area contributed by atoms with E-state index < -0.39 is 0 Å². The summed E-state index contributed by atoms with van der Waals surface area (Å²) < 4.78 is 9.17. The lowest BCUT2D eigenvalue weighted by atomic mass is 10.1. The van der Waals surface area contributed by atoms with Crippen LogP contribution in [0.15, 0.2) is 121 Å². The van der Waals surface area contributed by atoms with Crippen LogP contribution in [0, 0.1) is 0 Å². The fraction of sp³-hybridized carbons (Fsp3) is 0.209. The highest BCUT2D eigenvalue weighted by Gasteiger charge is 2.27. The van der Waals surface area contributed by atoms with Gasteiger partial charge in [-0.2, -0.15) is 10.2 Å². The molecule has 2 unspecified atom stereocenters. The van der Waals surface area contributed by atoms with Gasteiger partial charge in [-0.1, -0.05) is 159 Å². The Balaban J connectivity index is 0.000000181. The molecule has 5 heterocycles. The molecule has 0 bridgehead atoms. The van der Waals surface area contributed by atoms with Gasteiger partial charge in [0.25, 0.3) is 0 Å². The number of rotatable bonds is 7. The second-order valence-corrected chi connectivity index (χ2v) is 13.5. The van der Waals surface area contributed by atoms with Gasteiger partial charge in [-0.3, -0.25) is 0 Å². The van der Waals surface area contributed by atoms with Gasteiger partial charge >= 0.3 is 0 Å². The Morgan fingerprint density at radius 2 is 1.04 bits per heavy atom. The Labute approximate surface area is 330 Å². The number of benzene rings is 4. The minimum Gasteiger partial charge on any atom is -0.394 e. The molecule has 1 aliphatic rings. The summed E-state index contributed by atoms with van der Waals surface area (Å²) >= 11 is 13.6. The van der Waals surface area contributed by atoms with Crippen LogP contribution in [0.3, 0.4) is 0 Å². The average molecular weight is 774 g/mol. The number of aliphatic hydroxyl groups excluding tert-OH is 1. The van der Waals surface area contributed by atoms with Gasteiger partial charge in [-0.25, -0.2) is 9.36 Å². The van der Waals surface area contributed by atoms with Crippen molar-refractivity contribution in [2.24, 2.45) is 0 Å². The predicted molar refractivity (Wildman–Crippen MR) is 222 cm³/mol. The lowest BCUT2D eigenvalue weighted by Gasteiger charge is -2.09. The summed E-state index contributed by atoms with van der Waals surface area (Å²) in [6, 6.07) is 39.4. The number of fused-ring (bicyclic) bond motifs is 2. The van der Waals surface area contributed by atoms with Crippen molar-refractivity contribution < 1.29 is 9.84 Å². The Hall–Kier alpha value is -5.52. The summed E-state index contributed by atoms with van der Waals surface area (Å²) in [6.45, 7) is 3.19. The van der Waals surface area contributed by atoms with Gasteiger partial charge in [0, 0.05) is 28.9 Å². The maximum absolute atomic E-state index is 9.59. The third-order valence-corrected chi connectivity index (χ3v) is 9.97. The van der Waals surface area contributed by atoms with Crippen molar-refractivity contribution in [2.45, 2.75) is 40.3 Å². The molecule has 9 rings (SSSR count). The maximum atomic E-state index is 9.59. The van der Waals surface area contributed by atoms with Gasteiger partial charge in [-0.15, -0.1) is 20.4 Å². The first-order chi connectivity index (χ1) is 26.0. The third kappa shape index (κ3) is 7.59. The molecule has 55 heavy (non-hydrogen) atoms. The van der Waals surface area contributed by atoms with Gasteiger partial charge in [0.2, 0.25) is 0 Å². The summed E-state index contributed by atoms with van der Waals surface area (Å²) in [7, 11) is 0. The molecule has 1 saturated heterocycles. The van der Waals surface area contributed by atoms with Crippen molar-refractivity contribution in [3.8, 4) is 45.0 Å². The van der Waals surface area contributed by atoms with Crippen molar-refractivity contribution in [3.63, 3.8) is 0 Å².